The summed E-state index contributed by atoms with van der Waals surface area (Å²) < 4.78 is 0. The third-order valence-corrected chi connectivity index (χ3v) is 5.50. The first kappa shape index (κ1) is 16.3. The first-order valence-electron chi connectivity index (χ1n) is 8.70. The van der Waals surface area contributed by atoms with Crippen LogP contribution in [0.15, 0.2) is 0 Å². The van der Waals surface area contributed by atoms with E-state index in [0.29, 0.717) is 12.0 Å². The lowest BCUT2D eigenvalue weighted by Gasteiger charge is -2.37. The van der Waals surface area contributed by atoms with Gasteiger partial charge in [-0.05, 0) is 63.8 Å². The molecule has 1 heterocycles. The van der Waals surface area contributed by atoms with Crippen LogP contribution in [0.4, 0.5) is 0 Å². The predicted molar refractivity (Wildman–Crippen MR) is 84.6 cm³/mol. The van der Waals surface area contributed by atoms with Crippen molar-refractivity contribution in [2.75, 3.05) is 19.6 Å². The second-order valence-electron chi connectivity index (χ2n) is 7.54. The molecule has 0 aromatic heterocycles. The molecule has 4 unspecified atom stereocenters. The average molecular weight is 282 g/mol. The number of hydrogen-bond donors (Lipinski definition) is 2. The number of likely N-dealkylation sites (tertiary alicyclic amines) is 1. The van der Waals surface area contributed by atoms with Crippen molar-refractivity contribution in [3.63, 3.8) is 0 Å². The van der Waals surface area contributed by atoms with E-state index in [1.807, 2.05) is 6.92 Å². The molecule has 3 heteroatoms. The molecule has 0 bridgehead atoms. The second kappa shape index (κ2) is 7.24. The van der Waals surface area contributed by atoms with Crippen LogP contribution in [0.25, 0.3) is 0 Å². The fraction of sp³-hybridized carbons (Fsp3) is 1.00. The summed E-state index contributed by atoms with van der Waals surface area (Å²) in [6.07, 6.45) is 9.51. The minimum Gasteiger partial charge on any atom is -0.390 e. The first-order valence-corrected chi connectivity index (χ1v) is 8.70. The highest BCUT2D eigenvalue weighted by Crippen LogP contribution is 2.32. The molecule has 0 radical (unpaired) electrons. The van der Waals surface area contributed by atoms with E-state index >= 15 is 0 Å². The molecule has 1 saturated heterocycles. The van der Waals surface area contributed by atoms with Crippen LogP contribution in [0.3, 0.4) is 0 Å². The predicted octanol–water partition coefficient (Wildman–Crippen LogP) is 2.77. The summed E-state index contributed by atoms with van der Waals surface area (Å²) in [7, 11) is 0. The van der Waals surface area contributed by atoms with E-state index in [1.165, 1.54) is 32.1 Å². The van der Waals surface area contributed by atoms with E-state index < -0.39 is 5.60 Å². The van der Waals surface area contributed by atoms with E-state index in [-0.39, 0.29) is 0 Å². The zero-order valence-electron chi connectivity index (χ0n) is 13.5. The van der Waals surface area contributed by atoms with Crippen molar-refractivity contribution in [3.05, 3.63) is 0 Å². The van der Waals surface area contributed by atoms with Gasteiger partial charge < -0.3 is 15.7 Å². The van der Waals surface area contributed by atoms with Gasteiger partial charge in [-0.15, -0.1) is 0 Å². The highest BCUT2D eigenvalue weighted by Gasteiger charge is 2.31. The number of nitrogens with zero attached hydrogens (tertiary/aromatic N) is 1. The van der Waals surface area contributed by atoms with Gasteiger partial charge in [0.05, 0.1) is 5.60 Å². The largest absolute Gasteiger partial charge is 0.390 e. The van der Waals surface area contributed by atoms with E-state index in [9.17, 15) is 5.11 Å². The van der Waals surface area contributed by atoms with Gasteiger partial charge in [-0.1, -0.05) is 19.8 Å². The molecule has 1 saturated carbocycles. The van der Waals surface area contributed by atoms with Crippen molar-refractivity contribution in [2.24, 2.45) is 17.6 Å². The summed E-state index contributed by atoms with van der Waals surface area (Å²) in [6, 6.07) is 0.395. The Morgan fingerprint density at radius 1 is 1.25 bits per heavy atom. The van der Waals surface area contributed by atoms with Crippen LogP contribution in [-0.4, -0.2) is 41.3 Å². The minimum atomic E-state index is -0.450. The molecule has 0 aromatic carbocycles. The van der Waals surface area contributed by atoms with Gasteiger partial charge in [-0.2, -0.15) is 0 Å². The van der Waals surface area contributed by atoms with Crippen molar-refractivity contribution >= 4 is 0 Å². The number of hydrogen-bond acceptors (Lipinski definition) is 3. The Bertz CT molecular complexity index is 293. The van der Waals surface area contributed by atoms with Crippen LogP contribution in [0.5, 0.6) is 0 Å². The molecule has 118 valence electrons. The number of nitrogens with two attached hydrogens (primary N) is 1. The number of rotatable bonds is 4. The molecule has 2 aliphatic rings. The summed E-state index contributed by atoms with van der Waals surface area (Å²) in [6.45, 7) is 7.60. The lowest BCUT2D eigenvalue weighted by Crippen LogP contribution is -2.43. The Morgan fingerprint density at radius 3 is 2.80 bits per heavy atom. The van der Waals surface area contributed by atoms with Gasteiger partial charge in [-0.3, -0.25) is 0 Å². The maximum atomic E-state index is 10.2. The lowest BCUT2D eigenvalue weighted by atomic mass is 9.76. The molecule has 1 aliphatic heterocycles. The van der Waals surface area contributed by atoms with Gasteiger partial charge in [-0.25, -0.2) is 0 Å². The summed E-state index contributed by atoms with van der Waals surface area (Å²) in [5, 5.41) is 10.2. The SMILES string of the molecule is CCCC1CCC(N)C(CN2CCCC(C)(O)CC2)C1. The van der Waals surface area contributed by atoms with Gasteiger partial charge in [0.1, 0.15) is 0 Å². The van der Waals surface area contributed by atoms with Crippen molar-refractivity contribution in [2.45, 2.75) is 76.9 Å². The summed E-state index contributed by atoms with van der Waals surface area (Å²) in [4.78, 5) is 2.56. The molecular formula is C17H34N2O. The van der Waals surface area contributed by atoms with Gasteiger partial charge in [0.25, 0.3) is 0 Å². The third kappa shape index (κ3) is 4.71. The minimum absolute atomic E-state index is 0.395. The van der Waals surface area contributed by atoms with Crippen LogP contribution in [-0.2, 0) is 0 Å². The molecule has 3 nitrogen and oxygen atoms in total. The van der Waals surface area contributed by atoms with Gasteiger partial charge >= 0.3 is 0 Å². The standard InChI is InChI=1S/C17H34N2O/c1-3-5-14-6-7-16(18)15(12-14)13-19-10-4-8-17(2,20)9-11-19/h14-16,20H,3-13,18H2,1-2H3. The molecule has 0 aromatic rings. The maximum Gasteiger partial charge on any atom is 0.0632 e. The van der Waals surface area contributed by atoms with Gasteiger partial charge in [0.2, 0.25) is 0 Å². The molecule has 0 amide bonds. The van der Waals surface area contributed by atoms with E-state index in [0.717, 1.165) is 44.8 Å². The van der Waals surface area contributed by atoms with Crippen LogP contribution >= 0.6 is 0 Å². The van der Waals surface area contributed by atoms with Gasteiger partial charge in [0, 0.05) is 19.1 Å². The third-order valence-electron chi connectivity index (χ3n) is 5.50. The Labute approximate surface area is 124 Å². The fourth-order valence-corrected chi connectivity index (χ4v) is 4.10. The highest BCUT2D eigenvalue weighted by molar-refractivity contribution is 4.86. The van der Waals surface area contributed by atoms with Crippen LogP contribution in [0, 0.1) is 11.8 Å². The summed E-state index contributed by atoms with van der Waals surface area (Å²) in [5.41, 5.74) is 5.92. The zero-order chi connectivity index (χ0) is 14.6. The Hall–Kier alpha value is -0.120. The normalized spacial score (nSPS) is 40.5. The quantitative estimate of drug-likeness (QED) is 0.833. The molecule has 0 spiro atoms. The number of aliphatic hydroxyl groups is 1. The van der Waals surface area contributed by atoms with Gasteiger partial charge in [0.15, 0.2) is 0 Å². The van der Waals surface area contributed by atoms with Crippen molar-refractivity contribution < 1.29 is 5.11 Å². The molecule has 2 rings (SSSR count). The van der Waals surface area contributed by atoms with Crippen molar-refractivity contribution in [3.8, 4) is 0 Å². The molecule has 2 fully saturated rings. The molecule has 1 aliphatic carbocycles. The van der Waals surface area contributed by atoms with Crippen LogP contribution in [0.1, 0.15) is 65.2 Å². The average Bonchev–Trinajstić information content (AvgIpc) is 2.55. The van der Waals surface area contributed by atoms with Crippen LogP contribution < -0.4 is 5.73 Å². The smallest absolute Gasteiger partial charge is 0.0632 e. The molecule has 3 N–H and O–H groups in total. The van der Waals surface area contributed by atoms with E-state index in [4.69, 9.17) is 5.73 Å². The highest BCUT2D eigenvalue weighted by atomic mass is 16.3. The Balaban J connectivity index is 1.84. The van der Waals surface area contributed by atoms with Crippen molar-refractivity contribution in [1.82, 2.24) is 4.90 Å². The van der Waals surface area contributed by atoms with Crippen LogP contribution in [0.2, 0.25) is 0 Å². The monoisotopic (exact) mass is 282 g/mol. The van der Waals surface area contributed by atoms with Crippen molar-refractivity contribution in [1.29, 1.82) is 0 Å². The topological polar surface area (TPSA) is 49.5 Å². The summed E-state index contributed by atoms with van der Waals surface area (Å²) in [5.74, 6) is 1.57. The summed E-state index contributed by atoms with van der Waals surface area (Å²) >= 11 is 0. The first-order chi connectivity index (χ1) is 9.50. The van der Waals surface area contributed by atoms with E-state index in [1.54, 1.807) is 0 Å². The molecule has 4 atom stereocenters. The molecular weight excluding hydrogens is 248 g/mol. The van der Waals surface area contributed by atoms with E-state index in [2.05, 4.69) is 11.8 Å². The lowest BCUT2D eigenvalue weighted by molar-refractivity contribution is 0.0434. The Morgan fingerprint density at radius 2 is 2.05 bits per heavy atom. The second-order valence-corrected chi connectivity index (χ2v) is 7.54. The maximum absolute atomic E-state index is 10.2. The molecule has 20 heavy (non-hydrogen) atoms. The Kier molecular flexibility index (Phi) is 5.88. The zero-order valence-corrected chi connectivity index (χ0v) is 13.5. The fourth-order valence-electron chi connectivity index (χ4n) is 4.10.